The van der Waals surface area contributed by atoms with Crippen LogP contribution < -0.4 is 4.90 Å². The van der Waals surface area contributed by atoms with Gasteiger partial charge in [-0.2, -0.15) is 4.31 Å². The molecule has 1 aliphatic heterocycles. The van der Waals surface area contributed by atoms with Gasteiger partial charge >= 0.3 is 0 Å². The number of carbonyl (C=O) groups excluding carboxylic acids is 1. The van der Waals surface area contributed by atoms with Crippen LogP contribution in [0.3, 0.4) is 0 Å². The first-order valence-electron chi connectivity index (χ1n) is 10.9. The Morgan fingerprint density at radius 3 is 2.50 bits per heavy atom. The van der Waals surface area contributed by atoms with Crippen LogP contribution in [0.25, 0.3) is 10.8 Å². The van der Waals surface area contributed by atoms with Crippen molar-refractivity contribution < 1.29 is 13.2 Å². The number of fused-ring (bicyclic) bond motifs is 1. The van der Waals surface area contributed by atoms with Gasteiger partial charge in [0.05, 0.1) is 16.5 Å². The van der Waals surface area contributed by atoms with Crippen molar-refractivity contribution in [1.82, 2.24) is 9.29 Å². The smallest absolute Gasteiger partial charge is 0.244 e. The molecular weight excluding hydrogens is 442 g/mol. The van der Waals surface area contributed by atoms with Crippen LogP contribution >= 0.6 is 11.8 Å². The summed E-state index contributed by atoms with van der Waals surface area (Å²) in [5.74, 6) is 0.211. The third-order valence-corrected chi connectivity index (χ3v) is 8.49. The summed E-state index contributed by atoms with van der Waals surface area (Å²) in [4.78, 5) is 19.3. The van der Waals surface area contributed by atoms with Gasteiger partial charge in [-0.1, -0.05) is 54.6 Å². The van der Waals surface area contributed by atoms with E-state index in [-0.39, 0.29) is 16.6 Å². The van der Waals surface area contributed by atoms with E-state index in [0.717, 1.165) is 35.7 Å². The number of carbonyl (C=O) groups is 1. The van der Waals surface area contributed by atoms with Crippen molar-refractivity contribution in [2.75, 3.05) is 30.3 Å². The summed E-state index contributed by atoms with van der Waals surface area (Å²) in [6, 6.07) is 17.3. The highest BCUT2D eigenvalue weighted by atomic mass is 32.2. The highest BCUT2D eigenvalue weighted by molar-refractivity contribution is 7.99. The van der Waals surface area contributed by atoms with E-state index in [1.54, 1.807) is 17.0 Å². The van der Waals surface area contributed by atoms with Gasteiger partial charge in [-0.05, 0) is 43.4 Å². The molecule has 6 nitrogen and oxygen atoms in total. The second kappa shape index (κ2) is 10.0. The van der Waals surface area contributed by atoms with Gasteiger partial charge < -0.3 is 4.90 Å². The van der Waals surface area contributed by atoms with Crippen LogP contribution in [0, 0.1) is 0 Å². The molecule has 0 atom stereocenters. The number of pyridine rings is 1. The number of sulfonamides is 1. The Morgan fingerprint density at radius 1 is 1.03 bits per heavy atom. The summed E-state index contributed by atoms with van der Waals surface area (Å²) in [7, 11) is -3.50. The SMILES string of the molecule is CCN(C(=O)CSc1ccc(S(=O)(=O)N2CCCCC2)cn1)c1cccc2ccccc12. The van der Waals surface area contributed by atoms with Crippen LogP contribution in [0.15, 0.2) is 70.7 Å². The van der Waals surface area contributed by atoms with Crippen LogP contribution in [0.4, 0.5) is 5.69 Å². The van der Waals surface area contributed by atoms with E-state index in [2.05, 4.69) is 4.98 Å². The van der Waals surface area contributed by atoms with Gasteiger partial charge in [0.2, 0.25) is 15.9 Å². The quantitative estimate of drug-likeness (QED) is 0.475. The summed E-state index contributed by atoms with van der Waals surface area (Å²) < 4.78 is 27.1. The summed E-state index contributed by atoms with van der Waals surface area (Å²) in [6.45, 7) is 3.65. The number of aromatic nitrogens is 1. The van der Waals surface area contributed by atoms with Crippen molar-refractivity contribution in [1.29, 1.82) is 0 Å². The van der Waals surface area contributed by atoms with Crippen molar-refractivity contribution >= 4 is 44.2 Å². The summed E-state index contributed by atoms with van der Waals surface area (Å²) in [5, 5.41) is 2.77. The lowest BCUT2D eigenvalue weighted by Gasteiger charge is -2.25. The summed E-state index contributed by atoms with van der Waals surface area (Å²) in [5.41, 5.74) is 0.895. The van der Waals surface area contributed by atoms with E-state index < -0.39 is 10.0 Å². The Balaban J connectivity index is 1.44. The van der Waals surface area contributed by atoms with Crippen LogP contribution in [0.2, 0.25) is 0 Å². The molecule has 8 heteroatoms. The van der Waals surface area contributed by atoms with Crippen molar-refractivity contribution in [3.63, 3.8) is 0 Å². The molecule has 2 aromatic carbocycles. The lowest BCUT2D eigenvalue weighted by atomic mass is 10.1. The molecule has 2 heterocycles. The number of hydrogen-bond acceptors (Lipinski definition) is 5. The minimum Gasteiger partial charge on any atom is -0.311 e. The highest BCUT2D eigenvalue weighted by Crippen LogP contribution is 2.28. The van der Waals surface area contributed by atoms with Gasteiger partial charge in [0.25, 0.3) is 0 Å². The molecule has 0 N–H and O–H groups in total. The third kappa shape index (κ3) is 4.82. The van der Waals surface area contributed by atoms with Crippen LogP contribution in [-0.2, 0) is 14.8 Å². The number of anilines is 1. The van der Waals surface area contributed by atoms with Crippen LogP contribution in [0.1, 0.15) is 26.2 Å². The number of benzene rings is 2. The fourth-order valence-electron chi connectivity index (χ4n) is 4.00. The monoisotopic (exact) mass is 469 g/mol. The van der Waals surface area contributed by atoms with Crippen molar-refractivity contribution in [3.8, 4) is 0 Å². The molecule has 168 valence electrons. The molecule has 0 unspecified atom stereocenters. The fourth-order valence-corrected chi connectivity index (χ4v) is 6.18. The molecule has 0 bridgehead atoms. The number of rotatable bonds is 7. The number of amides is 1. The summed E-state index contributed by atoms with van der Waals surface area (Å²) >= 11 is 1.32. The zero-order valence-corrected chi connectivity index (χ0v) is 19.7. The van der Waals surface area contributed by atoms with E-state index in [0.29, 0.717) is 24.7 Å². The number of piperidine rings is 1. The maximum Gasteiger partial charge on any atom is 0.244 e. The lowest BCUT2D eigenvalue weighted by molar-refractivity contribution is -0.116. The lowest BCUT2D eigenvalue weighted by Crippen LogP contribution is -2.35. The van der Waals surface area contributed by atoms with Crippen molar-refractivity contribution in [3.05, 3.63) is 60.8 Å². The predicted molar refractivity (Wildman–Crippen MR) is 130 cm³/mol. The number of hydrogen-bond donors (Lipinski definition) is 0. The molecular formula is C24H27N3O3S2. The third-order valence-electron chi connectivity index (χ3n) is 5.68. The molecule has 0 aliphatic carbocycles. The van der Waals surface area contributed by atoms with Crippen LogP contribution in [-0.4, -0.2) is 49.0 Å². The van der Waals surface area contributed by atoms with Gasteiger partial charge in [0.15, 0.2) is 0 Å². The Kier molecular flexibility index (Phi) is 7.13. The Labute approximate surface area is 193 Å². The van der Waals surface area contributed by atoms with Gasteiger partial charge in [-0.25, -0.2) is 13.4 Å². The largest absolute Gasteiger partial charge is 0.311 e. The van der Waals surface area contributed by atoms with Crippen LogP contribution in [0.5, 0.6) is 0 Å². The van der Waals surface area contributed by atoms with Crippen molar-refractivity contribution in [2.45, 2.75) is 36.1 Å². The molecule has 0 saturated carbocycles. The fraction of sp³-hybridized carbons (Fsp3) is 0.333. The maximum atomic E-state index is 13.0. The molecule has 1 saturated heterocycles. The minimum absolute atomic E-state index is 0.0133. The van der Waals surface area contributed by atoms with E-state index in [1.165, 1.54) is 22.3 Å². The minimum atomic E-state index is -3.50. The molecule has 4 rings (SSSR count). The highest BCUT2D eigenvalue weighted by Gasteiger charge is 2.26. The Hall–Kier alpha value is -2.42. The number of thioether (sulfide) groups is 1. The molecule has 1 aliphatic rings. The summed E-state index contributed by atoms with van der Waals surface area (Å²) in [6.07, 6.45) is 4.27. The van der Waals surface area contributed by atoms with E-state index in [4.69, 9.17) is 0 Å². The zero-order chi connectivity index (χ0) is 22.6. The molecule has 1 aromatic heterocycles. The first-order chi connectivity index (χ1) is 15.5. The van der Waals surface area contributed by atoms with Gasteiger partial charge in [0, 0.05) is 31.2 Å². The molecule has 1 amide bonds. The second-order valence-corrected chi connectivity index (χ2v) is 10.7. The average Bonchev–Trinajstić information content (AvgIpc) is 2.84. The Bertz CT molecular complexity index is 1190. The molecule has 0 spiro atoms. The van der Waals surface area contributed by atoms with E-state index >= 15 is 0 Å². The maximum absolute atomic E-state index is 13.0. The van der Waals surface area contributed by atoms with E-state index in [9.17, 15) is 13.2 Å². The average molecular weight is 470 g/mol. The molecule has 0 radical (unpaired) electrons. The van der Waals surface area contributed by atoms with E-state index in [1.807, 2.05) is 49.4 Å². The van der Waals surface area contributed by atoms with Gasteiger partial charge in [0.1, 0.15) is 4.90 Å². The topological polar surface area (TPSA) is 70.6 Å². The first-order valence-corrected chi connectivity index (χ1v) is 13.3. The zero-order valence-electron chi connectivity index (χ0n) is 18.1. The molecule has 32 heavy (non-hydrogen) atoms. The standard InChI is InChI=1S/C24H27N3O3S2/c1-2-27(22-12-8-10-19-9-4-5-11-21(19)22)24(28)18-31-23-14-13-20(17-25-23)32(29,30)26-15-6-3-7-16-26/h4-5,8-14,17H,2-3,6-7,15-16,18H2,1H3. The second-order valence-electron chi connectivity index (χ2n) is 7.72. The Morgan fingerprint density at radius 2 is 1.78 bits per heavy atom. The van der Waals surface area contributed by atoms with Crippen molar-refractivity contribution in [2.24, 2.45) is 0 Å². The van der Waals surface area contributed by atoms with Gasteiger partial charge in [-0.15, -0.1) is 0 Å². The first kappa shape index (κ1) is 22.8. The predicted octanol–water partition coefficient (Wildman–Crippen LogP) is 4.55. The number of nitrogens with zero attached hydrogens (tertiary/aromatic N) is 3. The van der Waals surface area contributed by atoms with Gasteiger partial charge in [-0.3, -0.25) is 4.79 Å². The molecule has 3 aromatic rings. The normalized spacial score (nSPS) is 15.0. The molecule has 1 fully saturated rings.